The van der Waals surface area contributed by atoms with E-state index in [1.54, 1.807) is 0 Å². The minimum Gasteiger partial charge on any atom is -0.465 e. The van der Waals surface area contributed by atoms with Gasteiger partial charge in [-0.2, -0.15) is 0 Å². The third-order valence-corrected chi connectivity index (χ3v) is 5.27. The first kappa shape index (κ1) is 21.8. The zero-order valence-electron chi connectivity index (χ0n) is 17.7. The molecular weight excluding hydrogens is 387 g/mol. The Bertz CT molecular complexity index is 916. The second kappa shape index (κ2) is 8.45. The maximum Gasteiger partial charge on any atom is 0.496 e. The van der Waals surface area contributed by atoms with E-state index in [1.165, 1.54) is 19.4 Å². The molecule has 1 amide bonds. The summed E-state index contributed by atoms with van der Waals surface area (Å²) in [5.41, 5.74) is 0.367. The topological polar surface area (TPSA) is 96.0 Å². The molecule has 2 heterocycles. The van der Waals surface area contributed by atoms with Crippen LogP contribution in [0.2, 0.25) is 0 Å². The summed E-state index contributed by atoms with van der Waals surface area (Å²) >= 11 is 0. The highest BCUT2D eigenvalue weighted by Gasteiger charge is 2.52. The third kappa shape index (κ3) is 4.63. The second-order valence-corrected chi connectivity index (χ2v) is 7.93. The van der Waals surface area contributed by atoms with Crippen molar-refractivity contribution in [1.29, 1.82) is 0 Å². The molecule has 0 radical (unpaired) electrons. The molecular formula is C21H25BN2O6. The second-order valence-electron chi connectivity index (χ2n) is 7.93. The molecule has 158 valence electrons. The molecule has 2 aromatic rings. The van der Waals surface area contributed by atoms with Crippen LogP contribution in [0.4, 0.5) is 10.6 Å². The number of anilines is 1. The number of rotatable bonds is 5. The predicted octanol–water partition coefficient (Wildman–Crippen LogP) is 2.92. The molecule has 0 unspecified atom stereocenters. The quantitative estimate of drug-likeness (QED) is 0.596. The van der Waals surface area contributed by atoms with Crippen molar-refractivity contribution >= 4 is 30.5 Å². The van der Waals surface area contributed by atoms with E-state index in [2.05, 4.69) is 10.3 Å². The van der Waals surface area contributed by atoms with Gasteiger partial charge in [0.2, 0.25) is 0 Å². The first-order valence-electron chi connectivity index (χ1n) is 9.54. The maximum absolute atomic E-state index is 12.3. The molecule has 0 spiro atoms. The monoisotopic (exact) mass is 412 g/mol. The van der Waals surface area contributed by atoms with Crippen molar-refractivity contribution in [2.45, 2.75) is 45.5 Å². The van der Waals surface area contributed by atoms with Gasteiger partial charge in [0.05, 0.1) is 18.3 Å². The van der Waals surface area contributed by atoms with Gasteiger partial charge < -0.3 is 18.8 Å². The number of hydrogen-bond donors (Lipinski definition) is 1. The van der Waals surface area contributed by atoms with Crippen molar-refractivity contribution < 1.29 is 28.4 Å². The fourth-order valence-electron chi connectivity index (χ4n) is 2.81. The number of amides is 1. The number of ether oxygens (including phenoxy) is 2. The van der Waals surface area contributed by atoms with Crippen LogP contribution < -0.4 is 10.8 Å². The fourth-order valence-corrected chi connectivity index (χ4v) is 2.81. The molecule has 3 rings (SSSR count). The lowest BCUT2D eigenvalue weighted by Gasteiger charge is -2.32. The molecule has 0 atom stereocenters. The van der Waals surface area contributed by atoms with Crippen molar-refractivity contribution in [2.75, 3.05) is 12.4 Å². The van der Waals surface area contributed by atoms with Crippen LogP contribution >= 0.6 is 0 Å². The Morgan fingerprint density at radius 2 is 1.73 bits per heavy atom. The number of pyridine rings is 1. The molecule has 8 nitrogen and oxygen atoms in total. The van der Waals surface area contributed by atoms with E-state index in [1.807, 2.05) is 58.0 Å². The summed E-state index contributed by atoms with van der Waals surface area (Å²) < 4.78 is 22.0. The average Bonchev–Trinajstić information content (AvgIpc) is 2.94. The minimum absolute atomic E-state index is 0.0279. The Hall–Kier alpha value is -2.91. The Balaban J connectivity index is 1.77. The Morgan fingerprint density at radius 1 is 1.10 bits per heavy atom. The van der Waals surface area contributed by atoms with Crippen molar-refractivity contribution in [1.82, 2.24) is 4.98 Å². The van der Waals surface area contributed by atoms with Gasteiger partial charge in [0.25, 0.3) is 0 Å². The molecule has 1 N–H and O–H groups in total. The fraction of sp³-hybridized carbons (Fsp3) is 0.381. The van der Waals surface area contributed by atoms with Crippen LogP contribution in [0.5, 0.6) is 0 Å². The van der Waals surface area contributed by atoms with Crippen molar-refractivity contribution in [3.8, 4) is 0 Å². The summed E-state index contributed by atoms with van der Waals surface area (Å²) in [6.45, 7) is 7.81. The zero-order valence-corrected chi connectivity index (χ0v) is 17.7. The molecule has 30 heavy (non-hydrogen) atoms. The average molecular weight is 412 g/mol. The highest BCUT2D eigenvalue weighted by molar-refractivity contribution is 6.62. The molecule has 1 aromatic heterocycles. The standard InChI is InChI=1S/C21H25BN2O6/c1-20(2)21(3,4)30-22(29-20)15-11-16(18(25)27-5)17(23-12-15)24-19(26)28-13-14-9-7-6-8-10-14/h6-12H,13H2,1-5H3,(H,23,24,26). The van der Waals surface area contributed by atoms with Gasteiger partial charge in [-0.1, -0.05) is 30.3 Å². The van der Waals surface area contributed by atoms with Crippen LogP contribution in [0.1, 0.15) is 43.6 Å². The lowest BCUT2D eigenvalue weighted by molar-refractivity contribution is 0.00578. The van der Waals surface area contributed by atoms with E-state index in [0.717, 1.165) is 5.56 Å². The van der Waals surface area contributed by atoms with E-state index in [0.29, 0.717) is 5.46 Å². The van der Waals surface area contributed by atoms with E-state index < -0.39 is 30.4 Å². The van der Waals surface area contributed by atoms with Crippen LogP contribution in [0.15, 0.2) is 42.6 Å². The number of benzene rings is 1. The van der Waals surface area contributed by atoms with E-state index >= 15 is 0 Å². The lowest BCUT2D eigenvalue weighted by atomic mass is 9.79. The summed E-state index contributed by atoms with van der Waals surface area (Å²) in [6, 6.07) is 10.8. The van der Waals surface area contributed by atoms with Crippen LogP contribution in [-0.2, 0) is 25.4 Å². The first-order valence-corrected chi connectivity index (χ1v) is 9.54. The number of aromatic nitrogens is 1. The summed E-state index contributed by atoms with van der Waals surface area (Å²) in [6.07, 6.45) is 0.751. The molecule has 1 fully saturated rings. The summed E-state index contributed by atoms with van der Waals surface area (Å²) in [5, 5.41) is 2.49. The smallest absolute Gasteiger partial charge is 0.465 e. The maximum atomic E-state index is 12.3. The van der Waals surface area contributed by atoms with Gasteiger partial charge in [-0.15, -0.1) is 0 Å². The number of nitrogens with zero attached hydrogens (tertiary/aromatic N) is 1. The normalized spacial score (nSPS) is 16.8. The van der Waals surface area contributed by atoms with Gasteiger partial charge in [-0.05, 0) is 39.3 Å². The van der Waals surface area contributed by atoms with Gasteiger partial charge in [0.1, 0.15) is 18.0 Å². The largest absolute Gasteiger partial charge is 0.496 e. The number of methoxy groups -OCH3 is 1. The summed E-state index contributed by atoms with van der Waals surface area (Å²) in [7, 11) is 0.548. The van der Waals surface area contributed by atoms with Crippen LogP contribution in [-0.4, -0.2) is 42.5 Å². The molecule has 1 saturated heterocycles. The molecule has 1 aromatic carbocycles. The van der Waals surface area contributed by atoms with Crippen LogP contribution in [0, 0.1) is 0 Å². The van der Waals surface area contributed by atoms with Crippen molar-refractivity contribution in [2.24, 2.45) is 0 Å². The van der Waals surface area contributed by atoms with Gasteiger partial charge in [-0.25, -0.2) is 14.6 Å². The zero-order chi connectivity index (χ0) is 21.9. The summed E-state index contributed by atoms with van der Waals surface area (Å²) in [5.74, 6) is -0.626. The number of nitrogens with one attached hydrogen (secondary N) is 1. The van der Waals surface area contributed by atoms with E-state index in [4.69, 9.17) is 18.8 Å². The first-order chi connectivity index (χ1) is 14.1. The molecule has 0 aliphatic carbocycles. The molecule has 0 saturated carbocycles. The highest BCUT2D eigenvalue weighted by Crippen LogP contribution is 2.36. The number of hydrogen-bond acceptors (Lipinski definition) is 7. The molecule has 9 heteroatoms. The van der Waals surface area contributed by atoms with Crippen molar-refractivity contribution in [3.63, 3.8) is 0 Å². The Morgan fingerprint density at radius 3 is 2.33 bits per heavy atom. The van der Waals surface area contributed by atoms with E-state index in [-0.39, 0.29) is 18.0 Å². The SMILES string of the molecule is COC(=O)c1cc(B2OC(C)(C)C(C)(C)O2)cnc1NC(=O)OCc1ccccc1. The predicted molar refractivity (Wildman–Crippen MR) is 112 cm³/mol. The van der Waals surface area contributed by atoms with Crippen LogP contribution in [0.25, 0.3) is 0 Å². The van der Waals surface area contributed by atoms with Gasteiger partial charge in [-0.3, -0.25) is 5.32 Å². The Kier molecular flexibility index (Phi) is 6.14. The van der Waals surface area contributed by atoms with Gasteiger partial charge in [0.15, 0.2) is 0 Å². The van der Waals surface area contributed by atoms with Gasteiger partial charge >= 0.3 is 19.2 Å². The third-order valence-electron chi connectivity index (χ3n) is 5.27. The highest BCUT2D eigenvalue weighted by atomic mass is 16.7. The minimum atomic E-state index is -0.736. The van der Waals surface area contributed by atoms with Crippen LogP contribution in [0.3, 0.4) is 0 Å². The van der Waals surface area contributed by atoms with Gasteiger partial charge in [0, 0.05) is 11.7 Å². The number of carbonyl (C=O) groups is 2. The van der Waals surface area contributed by atoms with E-state index in [9.17, 15) is 9.59 Å². The lowest BCUT2D eigenvalue weighted by Crippen LogP contribution is -2.41. The van der Waals surface area contributed by atoms with Crippen molar-refractivity contribution in [3.05, 3.63) is 53.7 Å². The molecule has 0 bridgehead atoms. The number of carbonyl (C=O) groups excluding carboxylic acids is 2. The molecule has 1 aliphatic heterocycles. The summed E-state index contributed by atoms with van der Waals surface area (Å²) in [4.78, 5) is 28.7. The Labute approximate surface area is 176 Å². The molecule has 1 aliphatic rings. The number of esters is 1.